The molecule has 1 amide bonds. The maximum absolute atomic E-state index is 12.5. The predicted molar refractivity (Wildman–Crippen MR) is 88.4 cm³/mol. The van der Waals surface area contributed by atoms with Crippen LogP contribution in [0.25, 0.3) is 0 Å². The summed E-state index contributed by atoms with van der Waals surface area (Å²) in [6, 6.07) is 4.40. The molecule has 1 aliphatic carbocycles. The number of aliphatic hydroxyl groups is 1. The zero-order valence-corrected chi connectivity index (χ0v) is 14.0. The normalized spacial score (nSPS) is 17.3. The van der Waals surface area contributed by atoms with Crippen molar-refractivity contribution in [3.05, 3.63) is 45.4 Å². The molecule has 22 heavy (non-hydrogen) atoms. The molecule has 5 heteroatoms. The summed E-state index contributed by atoms with van der Waals surface area (Å²) >= 11 is 1.54. The van der Waals surface area contributed by atoms with Crippen LogP contribution in [0.1, 0.15) is 53.1 Å². The lowest BCUT2D eigenvalue weighted by molar-refractivity contribution is 0.0530. The zero-order valence-electron chi connectivity index (χ0n) is 13.2. The summed E-state index contributed by atoms with van der Waals surface area (Å²) in [6.07, 6.45) is 2.40. The second kappa shape index (κ2) is 5.56. The summed E-state index contributed by atoms with van der Waals surface area (Å²) in [5.41, 5.74) is 2.66. The third-order valence-electron chi connectivity index (χ3n) is 4.38. The van der Waals surface area contributed by atoms with Crippen molar-refractivity contribution in [2.45, 2.75) is 45.3 Å². The molecule has 0 radical (unpaired) electrons. The van der Waals surface area contributed by atoms with Gasteiger partial charge in [-0.05, 0) is 62.1 Å². The Balaban J connectivity index is 1.71. The van der Waals surface area contributed by atoms with Gasteiger partial charge in [0.05, 0.1) is 12.1 Å². The Kier molecular flexibility index (Phi) is 3.87. The van der Waals surface area contributed by atoms with E-state index in [1.807, 2.05) is 36.7 Å². The van der Waals surface area contributed by atoms with Crippen molar-refractivity contribution in [3.63, 3.8) is 0 Å². The Bertz CT molecular complexity index is 682. The van der Waals surface area contributed by atoms with Gasteiger partial charge in [-0.1, -0.05) is 0 Å². The average Bonchev–Trinajstić information content (AvgIpc) is 3.02. The topological polar surface area (TPSA) is 54.3 Å². The largest absolute Gasteiger partial charge is 0.384 e. The Hall–Kier alpha value is -1.59. The number of nitrogens with one attached hydrogen (secondary N) is 1. The summed E-state index contributed by atoms with van der Waals surface area (Å²) in [6.45, 7) is 5.97. The van der Waals surface area contributed by atoms with E-state index >= 15 is 0 Å². The number of aromatic nitrogens is 1. The van der Waals surface area contributed by atoms with Gasteiger partial charge in [0.15, 0.2) is 0 Å². The number of aryl methyl sites for hydroxylation is 1. The minimum absolute atomic E-state index is 0.115. The first kappa shape index (κ1) is 15.3. The Morgan fingerprint density at radius 3 is 2.82 bits per heavy atom. The van der Waals surface area contributed by atoms with E-state index < -0.39 is 5.60 Å². The van der Waals surface area contributed by atoms with Crippen molar-refractivity contribution in [1.82, 2.24) is 9.88 Å². The molecule has 0 aromatic carbocycles. The molecule has 0 saturated heterocycles. The number of thiophene rings is 1. The molecule has 2 aromatic heterocycles. The molecule has 2 heterocycles. The number of hydrogen-bond donors (Lipinski definition) is 2. The number of rotatable bonds is 5. The highest BCUT2D eigenvalue weighted by atomic mass is 32.1. The van der Waals surface area contributed by atoms with E-state index in [0.29, 0.717) is 11.6 Å². The van der Waals surface area contributed by atoms with Crippen LogP contribution in [0.5, 0.6) is 0 Å². The molecule has 118 valence electrons. The molecule has 1 unspecified atom stereocenters. The van der Waals surface area contributed by atoms with Gasteiger partial charge in [-0.2, -0.15) is 11.3 Å². The highest BCUT2D eigenvalue weighted by Gasteiger charge is 2.29. The lowest BCUT2D eigenvalue weighted by atomic mass is 9.99. The van der Waals surface area contributed by atoms with Crippen molar-refractivity contribution >= 4 is 17.2 Å². The van der Waals surface area contributed by atoms with Crippen LogP contribution < -0.4 is 5.32 Å². The zero-order chi connectivity index (χ0) is 15.9. The standard InChI is InChI=1S/C17H22N2O2S/c1-11-8-15(12(2)19(11)14-4-5-14)16(20)18-10-17(3,21)13-6-7-22-9-13/h6-9,14,21H,4-5,10H2,1-3H3,(H,18,20). The van der Waals surface area contributed by atoms with E-state index in [1.54, 1.807) is 6.92 Å². The second-order valence-corrected chi connectivity index (χ2v) is 7.13. The molecule has 0 aliphatic heterocycles. The summed E-state index contributed by atoms with van der Waals surface area (Å²) in [7, 11) is 0. The average molecular weight is 318 g/mol. The number of hydrogen-bond acceptors (Lipinski definition) is 3. The van der Waals surface area contributed by atoms with E-state index in [-0.39, 0.29) is 12.5 Å². The number of carbonyl (C=O) groups excluding carboxylic acids is 1. The molecule has 1 fully saturated rings. The fourth-order valence-corrected chi connectivity index (χ4v) is 3.71. The van der Waals surface area contributed by atoms with E-state index in [0.717, 1.165) is 17.0 Å². The van der Waals surface area contributed by atoms with E-state index in [1.165, 1.54) is 24.2 Å². The number of carbonyl (C=O) groups is 1. The van der Waals surface area contributed by atoms with Gasteiger partial charge in [0, 0.05) is 17.4 Å². The molecule has 0 bridgehead atoms. The monoisotopic (exact) mass is 318 g/mol. The number of nitrogens with zero attached hydrogens (tertiary/aromatic N) is 1. The molecule has 3 rings (SSSR count). The van der Waals surface area contributed by atoms with Crippen molar-refractivity contribution in [1.29, 1.82) is 0 Å². The molecular weight excluding hydrogens is 296 g/mol. The minimum Gasteiger partial charge on any atom is -0.384 e. The van der Waals surface area contributed by atoms with Crippen LogP contribution in [0, 0.1) is 13.8 Å². The van der Waals surface area contributed by atoms with Gasteiger partial charge < -0.3 is 15.0 Å². The van der Waals surface area contributed by atoms with E-state index in [9.17, 15) is 9.90 Å². The highest BCUT2D eigenvalue weighted by molar-refractivity contribution is 7.08. The first-order chi connectivity index (χ1) is 10.4. The number of amides is 1. The van der Waals surface area contributed by atoms with Gasteiger partial charge >= 0.3 is 0 Å². The van der Waals surface area contributed by atoms with Crippen LogP contribution in [-0.2, 0) is 5.60 Å². The van der Waals surface area contributed by atoms with Gasteiger partial charge in [0.25, 0.3) is 5.91 Å². The maximum Gasteiger partial charge on any atom is 0.253 e. The molecule has 1 saturated carbocycles. The van der Waals surface area contributed by atoms with Gasteiger partial charge in [0.1, 0.15) is 5.60 Å². The second-order valence-electron chi connectivity index (χ2n) is 6.35. The third kappa shape index (κ3) is 2.83. The Morgan fingerprint density at radius 2 is 2.23 bits per heavy atom. The van der Waals surface area contributed by atoms with Crippen LogP contribution in [-0.4, -0.2) is 22.1 Å². The van der Waals surface area contributed by atoms with Crippen LogP contribution in [0.3, 0.4) is 0 Å². The van der Waals surface area contributed by atoms with Gasteiger partial charge in [-0.25, -0.2) is 0 Å². The smallest absolute Gasteiger partial charge is 0.253 e. The molecule has 2 aromatic rings. The van der Waals surface area contributed by atoms with Gasteiger partial charge in [-0.3, -0.25) is 4.79 Å². The Labute approximate surface area is 134 Å². The molecule has 1 atom stereocenters. The van der Waals surface area contributed by atoms with Crippen LogP contribution >= 0.6 is 11.3 Å². The summed E-state index contributed by atoms with van der Waals surface area (Å²) in [5, 5.41) is 17.2. The van der Waals surface area contributed by atoms with Crippen molar-refractivity contribution in [2.24, 2.45) is 0 Å². The Morgan fingerprint density at radius 1 is 1.50 bits per heavy atom. The SMILES string of the molecule is Cc1cc(C(=O)NCC(C)(O)c2ccsc2)c(C)n1C1CC1. The predicted octanol–water partition coefficient (Wildman–Crippen LogP) is 3.14. The molecule has 2 N–H and O–H groups in total. The maximum atomic E-state index is 12.5. The lowest BCUT2D eigenvalue weighted by Gasteiger charge is -2.22. The van der Waals surface area contributed by atoms with Crippen LogP contribution in [0.2, 0.25) is 0 Å². The highest BCUT2D eigenvalue weighted by Crippen LogP contribution is 2.38. The van der Waals surface area contributed by atoms with Gasteiger partial charge in [0.2, 0.25) is 0 Å². The van der Waals surface area contributed by atoms with Crippen molar-refractivity contribution in [3.8, 4) is 0 Å². The fraction of sp³-hybridized carbons (Fsp3) is 0.471. The summed E-state index contributed by atoms with van der Waals surface area (Å²) in [4.78, 5) is 12.5. The van der Waals surface area contributed by atoms with Crippen LogP contribution in [0.4, 0.5) is 0 Å². The van der Waals surface area contributed by atoms with Crippen LogP contribution in [0.15, 0.2) is 22.9 Å². The van der Waals surface area contributed by atoms with Crippen molar-refractivity contribution < 1.29 is 9.90 Å². The molecule has 0 spiro atoms. The first-order valence-electron chi connectivity index (χ1n) is 7.62. The van der Waals surface area contributed by atoms with Crippen molar-refractivity contribution in [2.75, 3.05) is 6.54 Å². The van der Waals surface area contributed by atoms with E-state index in [2.05, 4.69) is 9.88 Å². The minimum atomic E-state index is -1.04. The first-order valence-corrected chi connectivity index (χ1v) is 8.56. The third-order valence-corrected chi connectivity index (χ3v) is 5.06. The lowest BCUT2D eigenvalue weighted by Crippen LogP contribution is -2.38. The summed E-state index contributed by atoms with van der Waals surface area (Å²) < 4.78 is 2.26. The quantitative estimate of drug-likeness (QED) is 0.890. The molecule has 4 nitrogen and oxygen atoms in total. The molecular formula is C17H22N2O2S. The fourth-order valence-electron chi connectivity index (χ4n) is 2.92. The van der Waals surface area contributed by atoms with Gasteiger partial charge in [-0.15, -0.1) is 0 Å². The molecule has 1 aliphatic rings. The van der Waals surface area contributed by atoms with E-state index in [4.69, 9.17) is 0 Å². The summed E-state index contributed by atoms with van der Waals surface area (Å²) in [5.74, 6) is -0.115.